The first-order valence-electron chi connectivity index (χ1n) is 5.60. The minimum absolute atomic E-state index is 0.0228. The molecule has 1 unspecified atom stereocenters. The van der Waals surface area contributed by atoms with Crippen LogP contribution in [0.2, 0.25) is 0 Å². The minimum atomic E-state index is -0.0633. The summed E-state index contributed by atoms with van der Waals surface area (Å²) in [6, 6.07) is 8.00. The maximum atomic E-state index is 12.1. The van der Waals surface area contributed by atoms with Gasteiger partial charge in [-0.2, -0.15) is 0 Å². The Morgan fingerprint density at radius 3 is 2.83 bits per heavy atom. The van der Waals surface area contributed by atoms with Gasteiger partial charge in [-0.15, -0.1) is 0 Å². The van der Waals surface area contributed by atoms with Gasteiger partial charge in [0, 0.05) is 0 Å². The highest BCUT2D eigenvalue weighted by Crippen LogP contribution is 2.35. The zero-order valence-electron chi connectivity index (χ0n) is 9.43. The molecule has 1 N–H and O–H groups in total. The van der Waals surface area contributed by atoms with E-state index in [0.29, 0.717) is 10.4 Å². The molecule has 1 heterocycles. The number of hydrogen-bond donors (Lipinski definition) is 1. The SMILES string of the molecule is O=C(Nc1cnc(Br)cn1)C1Cc2ccccc21. The van der Waals surface area contributed by atoms with Crippen molar-refractivity contribution in [1.82, 2.24) is 9.97 Å². The van der Waals surface area contributed by atoms with Crippen LogP contribution in [0.25, 0.3) is 0 Å². The molecule has 1 atom stereocenters. The van der Waals surface area contributed by atoms with Crippen LogP contribution in [0.1, 0.15) is 17.0 Å². The second kappa shape index (κ2) is 4.49. The quantitative estimate of drug-likeness (QED) is 0.927. The van der Waals surface area contributed by atoms with E-state index in [9.17, 15) is 4.79 Å². The Morgan fingerprint density at radius 1 is 1.28 bits per heavy atom. The van der Waals surface area contributed by atoms with Gasteiger partial charge in [-0.05, 0) is 33.5 Å². The molecule has 5 heteroatoms. The molecule has 0 bridgehead atoms. The van der Waals surface area contributed by atoms with Crippen molar-refractivity contribution in [2.24, 2.45) is 0 Å². The number of nitrogens with zero attached hydrogens (tertiary/aromatic N) is 2. The smallest absolute Gasteiger partial charge is 0.233 e. The van der Waals surface area contributed by atoms with E-state index in [1.807, 2.05) is 18.2 Å². The van der Waals surface area contributed by atoms with E-state index in [1.54, 1.807) is 6.20 Å². The Kier molecular flexibility index (Phi) is 2.83. The van der Waals surface area contributed by atoms with Crippen LogP contribution in [0, 0.1) is 0 Å². The van der Waals surface area contributed by atoms with Crippen molar-refractivity contribution in [3.8, 4) is 0 Å². The number of anilines is 1. The van der Waals surface area contributed by atoms with Gasteiger partial charge in [-0.1, -0.05) is 24.3 Å². The number of benzene rings is 1. The van der Waals surface area contributed by atoms with Gasteiger partial charge in [0.1, 0.15) is 4.60 Å². The van der Waals surface area contributed by atoms with Crippen molar-refractivity contribution >= 4 is 27.7 Å². The first-order chi connectivity index (χ1) is 8.74. The lowest BCUT2D eigenvalue weighted by atomic mass is 9.77. The summed E-state index contributed by atoms with van der Waals surface area (Å²) < 4.78 is 0.648. The largest absolute Gasteiger partial charge is 0.309 e. The molecule has 0 radical (unpaired) electrons. The zero-order chi connectivity index (χ0) is 12.5. The summed E-state index contributed by atoms with van der Waals surface area (Å²) in [6.07, 6.45) is 3.89. The molecule has 0 saturated carbocycles. The lowest BCUT2D eigenvalue weighted by Gasteiger charge is -2.28. The summed E-state index contributed by atoms with van der Waals surface area (Å²) in [7, 11) is 0. The monoisotopic (exact) mass is 303 g/mol. The normalized spacial score (nSPS) is 16.6. The van der Waals surface area contributed by atoms with Crippen LogP contribution in [0.4, 0.5) is 5.82 Å². The molecule has 2 aromatic rings. The Labute approximate surface area is 113 Å². The molecule has 18 heavy (non-hydrogen) atoms. The van der Waals surface area contributed by atoms with Gasteiger partial charge in [0.25, 0.3) is 0 Å². The van der Waals surface area contributed by atoms with Crippen LogP contribution in [0.15, 0.2) is 41.3 Å². The van der Waals surface area contributed by atoms with Crippen LogP contribution in [0.5, 0.6) is 0 Å². The molecule has 1 aromatic heterocycles. The summed E-state index contributed by atoms with van der Waals surface area (Å²) in [5.41, 5.74) is 2.36. The van der Waals surface area contributed by atoms with Crippen molar-refractivity contribution in [1.29, 1.82) is 0 Å². The predicted molar refractivity (Wildman–Crippen MR) is 71.2 cm³/mol. The van der Waals surface area contributed by atoms with Gasteiger partial charge in [0.15, 0.2) is 5.82 Å². The third-order valence-corrected chi connectivity index (χ3v) is 3.45. The van der Waals surface area contributed by atoms with Crippen molar-refractivity contribution in [2.75, 3.05) is 5.32 Å². The Hall–Kier alpha value is -1.75. The summed E-state index contributed by atoms with van der Waals surface area (Å²) in [5, 5.41) is 2.78. The summed E-state index contributed by atoms with van der Waals surface area (Å²) in [5.74, 6) is 0.393. The Morgan fingerprint density at radius 2 is 2.11 bits per heavy atom. The molecule has 1 aliphatic rings. The minimum Gasteiger partial charge on any atom is -0.309 e. The van der Waals surface area contributed by atoms with Gasteiger partial charge in [0.05, 0.1) is 18.3 Å². The van der Waals surface area contributed by atoms with Gasteiger partial charge in [-0.25, -0.2) is 9.97 Å². The average molecular weight is 304 g/mol. The Balaban J connectivity index is 1.72. The zero-order valence-corrected chi connectivity index (χ0v) is 11.0. The van der Waals surface area contributed by atoms with E-state index in [0.717, 1.165) is 12.0 Å². The number of halogens is 1. The van der Waals surface area contributed by atoms with Crippen molar-refractivity contribution in [3.63, 3.8) is 0 Å². The number of nitrogens with one attached hydrogen (secondary N) is 1. The van der Waals surface area contributed by atoms with E-state index >= 15 is 0 Å². The number of hydrogen-bond acceptors (Lipinski definition) is 3. The fraction of sp³-hybridized carbons (Fsp3) is 0.154. The number of carbonyl (C=O) groups excluding carboxylic acids is 1. The second-order valence-electron chi connectivity index (χ2n) is 4.17. The number of amides is 1. The summed E-state index contributed by atoms with van der Waals surface area (Å²) in [6.45, 7) is 0. The van der Waals surface area contributed by atoms with Gasteiger partial charge >= 0.3 is 0 Å². The van der Waals surface area contributed by atoms with Crippen molar-refractivity contribution in [2.45, 2.75) is 12.3 Å². The maximum Gasteiger partial charge on any atom is 0.233 e. The van der Waals surface area contributed by atoms with Crippen LogP contribution in [0.3, 0.4) is 0 Å². The fourth-order valence-electron chi connectivity index (χ4n) is 2.08. The van der Waals surface area contributed by atoms with Gasteiger partial charge in [-0.3, -0.25) is 4.79 Å². The number of aromatic nitrogens is 2. The molecule has 3 rings (SSSR count). The molecule has 0 saturated heterocycles. The molecule has 90 valence electrons. The first kappa shape index (κ1) is 11.3. The lowest BCUT2D eigenvalue weighted by Crippen LogP contribution is -2.30. The molecule has 0 spiro atoms. The first-order valence-corrected chi connectivity index (χ1v) is 6.39. The second-order valence-corrected chi connectivity index (χ2v) is 4.98. The molecule has 1 aliphatic carbocycles. The predicted octanol–water partition coefficient (Wildman–Crippen LogP) is 2.52. The number of fused-ring (bicyclic) bond motifs is 1. The molecule has 0 fully saturated rings. The van der Waals surface area contributed by atoms with E-state index in [4.69, 9.17) is 0 Å². The molecule has 1 aromatic carbocycles. The third-order valence-electron chi connectivity index (χ3n) is 3.04. The lowest BCUT2D eigenvalue weighted by molar-refractivity contribution is -0.118. The highest BCUT2D eigenvalue weighted by Gasteiger charge is 2.31. The molecule has 0 aliphatic heterocycles. The fourth-order valence-corrected chi connectivity index (χ4v) is 2.29. The van der Waals surface area contributed by atoms with E-state index in [1.165, 1.54) is 11.8 Å². The Bertz CT molecular complexity index is 597. The number of carbonyl (C=O) groups is 1. The highest BCUT2D eigenvalue weighted by atomic mass is 79.9. The van der Waals surface area contributed by atoms with Crippen molar-refractivity contribution < 1.29 is 4.79 Å². The van der Waals surface area contributed by atoms with E-state index < -0.39 is 0 Å². The summed E-state index contributed by atoms with van der Waals surface area (Å²) >= 11 is 3.20. The van der Waals surface area contributed by atoms with Crippen molar-refractivity contribution in [3.05, 3.63) is 52.4 Å². The van der Waals surface area contributed by atoms with Crippen LogP contribution < -0.4 is 5.32 Å². The standard InChI is InChI=1S/C13H10BrN3O/c14-11-6-16-12(7-15-11)17-13(18)10-5-8-3-1-2-4-9(8)10/h1-4,6-7,10H,5H2,(H,16,17,18). The number of rotatable bonds is 2. The molecular weight excluding hydrogens is 294 g/mol. The van der Waals surface area contributed by atoms with E-state index in [-0.39, 0.29) is 11.8 Å². The van der Waals surface area contributed by atoms with Gasteiger partial charge < -0.3 is 5.32 Å². The van der Waals surface area contributed by atoms with Gasteiger partial charge in [0.2, 0.25) is 5.91 Å². The third kappa shape index (κ3) is 2.01. The highest BCUT2D eigenvalue weighted by molar-refractivity contribution is 9.10. The maximum absolute atomic E-state index is 12.1. The van der Waals surface area contributed by atoms with Crippen LogP contribution in [-0.2, 0) is 11.2 Å². The molecule has 1 amide bonds. The topological polar surface area (TPSA) is 54.9 Å². The summed E-state index contributed by atoms with van der Waals surface area (Å²) in [4.78, 5) is 20.1. The van der Waals surface area contributed by atoms with Crippen LogP contribution >= 0.6 is 15.9 Å². The molecular formula is C13H10BrN3O. The van der Waals surface area contributed by atoms with E-state index in [2.05, 4.69) is 37.3 Å². The van der Waals surface area contributed by atoms with Crippen LogP contribution in [-0.4, -0.2) is 15.9 Å². The average Bonchev–Trinajstić information content (AvgIpc) is 2.34. The molecule has 4 nitrogen and oxygen atoms in total.